The Hall–Kier alpha value is -1.21. The molecule has 3 rings (SSSR count). The number of β-amino-alcohol motifs (C(OH)–C–C–N with tert-alkyl or cyclic N) is 1. The SMILES string of the molecule is O=C(NCCc1nc2cc(Cl)ccc2s1)[C@H]1C[C@@H](O)CN1. The molecule has 1 aliphatic heterocycles. The molecule has 1 aromatic heterocycles. The molecule has 1 aliphatic rings. The highest BCUT2D eigenvalue weighted by Gasteiger charge is 2.27. The van der Waals surface area contributed by atoms with E-state index in [2.05, 4.69) is 15.6 Å². The van der Waals surface area contributed by atoms with E-state index in [1.165, 1.54) is 0 Å². The zero-order chi connectivity index (χ0) is 14.8. The van der Waals surface area contributed by atoms with Gasteiger partial charge in [-0.15, -0.1) is 11.3 Å². The lowest BCUT2D eigenvalue weighted by Gasteiger charge is -2.10. The predicted molar refractivity (Wildman–Crippen MR) is 83.8 cm³/mol. The standard InChI is InChI=1S/C14H16ClN3O2S/c15-8-1-2-12-10(5-8)18-13(21-12)3-4-16-14(20)11-6-9(19)7-17-11/h1-2,5,9,11,17,19H,3-4,6-7H2,(H,16,20)/t9-,11-/m1/s1. The van der Waals surface area contributed by atoms with Gasteiger partial charge in [-0.05, 0) is 24.6 Å². The van der Waals surface area contributed by atoms with E-state index < -0.39 is 6.10 Å². The monoisotopic (exact) mass is 325 g/mol. The van der Waals surface area contributed by atoms with E-state index in [0.717, 1.165) is 15.2 Å². The minimum atomic E-state index is -0.422. The summed E-state index contributed by atoms with van der Waals surface area (Å²) in [5.41, 5.74) is 0.898. The maximum Gasteiger partial charge on any atom is 0.237 e. The number of aliphatic hydroxyl groups excluding tert-OH is 1. The van der Waals surface area contributed by atoms with Crippen molar-refractivity contribution in [1.82, 2.24) is 15.6 Å². The van der Waals surface area contributed by atoms with Crippen molar-refractivity contribution in [2.75, 3.05) is 13.1 Å². The van der Waals surface area contributed by atoms with E-state index in [4.69, 9.17) is 11.6 Å². The first-order valence-corrected chi connectivity index (χ1v) is 8.05. The number of nitrogens with one attached hydrogen (secondary N) is 2. The summed E-state index contributed by atoms with van der Waals surface area (Å²) in [7, 11) is 0. The number of aliphatic hydroxyl groups is 1. The van der Waals surface area contributed by atoms with Gasteiger partial charge in [0.2, 0.25) is 5.91 Å². The van der Waals surface area contributed by atoms with E-state index in [9.17, 15) is 9.90 Å². The van der Waals surface area contributed by atoms with E-state index in [-0.39, 0.29) is 11.9 Å². The smallest absolute Gasteiger partial charge is 0.237 e. The van der Waals surface area contributed by atoms with Gasteiger partial charge in [-0.25, -0.2) is 4.98 Å². The van der Waals surface area contributed by atoms with Crippen LogP contribution in [0.1, 0.15) is 11.4 Å². The van der Waals surface area contributed by atoms with Crippen molar-refractivity contribution in [3.8, 4) is 0 Å². The van der Waals surface area contributed by atoms with Gasteiger partial charge in [0.05, 0.1) is 27.4 Å². The third-order valence-corrected chi connectivity index (χ3v) is 4.79. The number of thiazole rings is 1. The molecule has 21 heavy (non-hydrogen) atoms. The molecule has 0 aliphatic carbocycles. The summed E-state index contributed by atoms with van der Waals surface area (Å²) < 4.78 is 1.10. The highest BCUT2D eigenvalue weighted by molar-refractivity contribution is 7.18. The zero-order valence-electron chi connectivity index (χ0n) is 11.3. The Morgan fingerprint density at radius 1 is 1.57 bits per heavy atom. The summed E-state index contributed by atoms with van der Waals surface area (Å²) in [6.45, 7) is 1.03. The van der Waals surface area contributed by atoms with Gasteiger partial charge in [-0.2, -0.15) is 0 Å². The molecule has 3 N–H and O–H groups in total. The molecule has 5 nitrogen and oxygen atoms in total. The quantitative estimate of drug-likeness (QED) is 0.793. The Kier molecular flexibility index (Phi) is 4.40. The fourth-order valence-electron chi connectivity index (χ4n) is 2.39. The van der Waals surface area contributed by atoms with Crippen molar-refractivity contribution in [3.63, 3.8) is 0 Å². The number of rotatable bonds is 4. The van der Waals surface area contributed by atoms with Crippen molar-refractivity contribution in [3.05, 3.63) is 28.2 Å². The van der Waals surface area contributed by atoms with Crippen LogP contribution in [0.2, 0.25) is 5.02 Å². The van der Waals surface area contributed by atoms with Crippen molar-refractivity contribution >= 4 is 39.1 Å². The maximum atomic E-state index is 11.9. The average Bonchev–Trinajstić information content (AvgIpc) is 3.04. The van der Waals surface area contributed by atoms with Crippen LogP contribution in [0.15, 0.2) is 18.2 Å². The molecule has 1 aromatic carbocycles. The lowest BCUT2D eigenvalue weighted by atomic mass is 10.2. The molecular weight excluding hydrogens is 310 g/mol. The van der Waals surface area contributed by atoms with Gasteiger partial charge in [0, 0.05) is 24.5 Å². The number of fused-ring (bicyclic) bond motifs is 1. The molecule has 1 saturated heterocycles. The highest BCUT2D eigenvalue weighted by Crippen LogP contribution is 2.25. The molecule has 7 heteroatoms. The number of nitrogens with zero attached hydrogens (tertiary/aromatic N) is 1. The Balaban J connectivity index is 1.53. The van der Waals surface area contributed by atoms with E-state index in [0.29, 0.717) is 31.0 Å². The number of benzene rings is 1. The van der Waals surface area contributed by atoms with Crippen molar-refractivity contribution in [2.45, 2.75) is 25.0 Å². The van der Waals surface area contributed by atoms with Gasteiger partial charge >= 0.3 is 0 Å². The molecule has 1 fully saturated rings. The number of aromatic nitrogens is 1. The van der Waals surface area contributed by atoms with Crippen LogP contribution in [0.25, 0.3) is 10.2 Å². The molecule has 0 unspecified atom stereocenters. The summed E-state index contributed by atoms with van der Waals surface area (Å²) in [6.07, 6.45) is 0.749. The minimum Gasteiger partial charge on any atom is -0.392 e. The number of carbonyl (C=O) groups is 1. The van der Waals surface area contributed by atoms with Gasteiger partial charge < -0.3 is 15.7 Å². The van der Waals surface area contributed by atoms with E-state index in [1.807, 2.05) is 18.2 Å². The number of hydrogen-bond acceptors (Lipinski definition) is 5. The van der Waals surface area contributed by atoms with Gasteiger partial charge in [0.1, 0.15) is 0 Å². The zero-order valence-corrected chi connectivity index (χ0v) is 12.9. The second-order valence-electron chi connectivity index (χ2n) is 5.11. The van der Waals surface area contributed by atoms with Crippen LogP contribution >= 0.6 is 22.9 Å². The minimum absolute atomic E-state index is 0.0595. The number of halogens is 1. The molecular formula is C14H16ClN3O2S. The van der Waals surface area contributed by atoms with Crippen LogP contribution in [0, 0.1) is 0 Å². The number of hydrogen-bond donors (Lipinski definition) is 3. The fourth-order valence-corrected chi connectivity index (χ4v) is 3.50. The van der Waals surface area contributed by atoms with Crippen LogP contribution in [0.5, 0.6) is 0 Å². The Bertz CT molecular complexity index is 661. The summed E-state index contributed by atoms with van der Waals surface area (Å²) >= 11 is 7.55. The number of carbonyl (C=O) groups excluding carboxylic acids is 1. The van der Waals surface area contributed by atoms with Crippen LogP contribution in [-0.4, -0.2) is 41.2 Å². The lowest BCUT2D eigenvalue weighted by molar-refractivity contribution is -0.122. The molecule has 2 heterocycles. The fraction of sp³-hybridized carbons (Fsp3) is 0.429. The van der Waals surface area contributed by atoms with Gasteiger partial charge in [-0.3, -0.25) is 4.79 Å². The summed E-state index contributed by atoms with van der Waals surface area (Å²) in [5, 5.41) is 16.9. The molecule has 0 spiro atoms. The maximum absolute atomic E-state index is 11.9. The van der Waals surface area contributed by atoms with Crippen molar-refractivity contribution in [2.24, 2.45) is 0 Å². The van der Waals surface area contributed by atoms with Crippen molar-refractivity contribution in [1.29, 1.82) is 0 Å². The largest absolute Gasteiger partial charge is 0.392 e. The lowest BCUT2D eigenvalue weighted by Crippen LogP contribution is -2.41. The molecule has 1 amide bonds. The van der Waals surface area contributed by atoms with Gasteiger partial charge in [-0.1, -0.05) is 11.6 Å². The number of amides is 1. The molecule has 2 atom stereocenters. The summed E-state index contributed by atoms with van der Waals surface area (Å²) in [5.74, 6) is -0.0595. The van der Waals surface area contributed by atoms with E-state index in [1.54, 1.807) is 11.3 Å². The first-order chi connectivity index (χ1) is 10.1. The van der Waals surface area contributed by atoms with Crippen LogP contribution < -0.4 is 10.6 Å². The highest BCUT2D eigenvalue weighted by atomic mass is 35.5. The predicted octanol–water partition coefficient (Wildman–Crippen LogP) is 1.33. The van der Waals surface area contributed by atoms with E-state index >= 15 is 0 Å². The first kappa shape index (κ1) is 14.7. The summed E-state index contributed by atoms with van der Waals surface area (Å²) in [6, 6.07) is 5.37. The van der Waals surface area contributed by atoms with Crippen molar-refractivity contribution < 1.29 is 9.90 Å². The van der Waals surface area contributed by atoms with Gasteiger partial charge in [0.15, 0.2) is 0 Å². The third kappa shape index (κ3) is 3.52. The summed E-state index contributed by atoms with van der Waals surface area (Å²) in [4.78, 5) is 16.4. The average molecular weight is 326 g/mol. The topological polar surface area (TPSA) is 74.2 Å². The molecule has 0 saturated carbocycles. The molecule has 2 aromatic rings. The Labute approximate surface area is 131 Å². The first-order valence-electron chi connectivity index (χ1n) is 6.86. The second kappa shape index (κ2) is 6.27. The Morgan fingerprint density at radius 3 is 3.19 bits per heavy atom. The second-order valence-corrected chi connectivity index (χ2v) is 6.66. The molecule has 0 bridgehead atoms. The van der Waals surface area contributed by atoms with Crippen LogP contribution in [-0.2, 0) is 11.2 Å². The normalized spacial score (nSPS) is 21.8. The van der Waals surface area contributed by atoms with Crippen LogP contribution in [0.3, 0.4) is 0 Å². The molecule has 0 radical (unpaired) electrons. The van der Waals surface area contributed by atoms with Gasteiger partial charge in [0.25, 0.3) is 0 Å². The third-order valence-electron chi connectivity index (χ3n) is 3.46. The Morgan fingerprint density at radius 2 is 2.43 bits per heavy atom. The van der Waals surface area contributed by atoms with Crippen LogP contribution in [0.4, 0.5) is 0 Å². The molecule has 112 valence electrons.